The lowest BCUT2D eigenvalue weighted by Crippen LogP contribution is -2.37. The molecule has 0 spiro atoms. The summed E-state index contributed by atoms with van der Waals surface area (Å²) in [6, 6.07) is 0.342. The van der Waals surface area contributed by atoms with E-state index < -0.39 is 0 Å². The molecule has 19 heavy (non-hydrogen) atoms. The lowest BCUT2D eigenvalue weighted by atomic mass is 10.1. The van der Waals surface area contributed by atoms with Crippen LogP contribution in [0.3, 0.4) is 0 Å². The molecular formula is C16H30ClNO. The van der Waals surface area contributed by atoms with Gasteiger partial charge in [0, 0.05) is 18.3 Å². The number of hydrogen-bond acceptors (Lipinski definition) is 1. The van der Waals surface area contributed by atoms with E-state index in [4.69, 9.17) is 11.6 Å². The maximum Gasteiger partial charge on any atom is 0.220 e. The van der Waals surface area contributed by atoms with Crippen LogP contribution < -0.4 is 5.32 Å². The Morgan fingerprint density at radius 3 is 2.47 bits per heavy atom. The molecule has 3 heteroatoms. The Kier molecular flexibility index (Phi) is 9.32. The number of rotatable bonds is 10. The van der Waals surface area contributed by atoms with Gasteiger partial charge in [-0.2, -0.15) is 0 Å². The molecule has 0 aromatic heterocycles. The van der Waals surface area contributed by atoms with Crippen molar-refractivity contribution in [2.24, 2.45) is 5.92 Å². The molecule has 1 aliphatic rings. The highest BCUT2D eigenvalue weighted by Gasteiger charge is 2.27. The van der Waals surface area contributed by atoms with Crippen LogP contribution in [0, 0.1) is 5.92 Å². The third kappa shape index (κ3) is 7.20. The van der Waals surface area contributed by atoms with Gasteiger partial charge in [0.2, 0.25) is 5.91 Å². The second-order valence-electron chi connectivity index (χ2n) is 5.89. The first-order valence-corrected chi connectivity index (χ1v) is 8.66. The van der Waals surface area contributed by atoms with Crippen LogP contribution in [-0.4, -0.2) is 17.8 Å². The van der Waals surface area contributed by atoms with Gasteiger partial charge in [0.25, 0.3) is 0 Å². The summed E-state index contributed by atoms with van der Waals surface area (Å²) in [4.78, 5) is 11.8. The summed E-state index contributed by atoms with van der Waals surface area (Å²) in [6.45, 7) is 2.24. The van der Waals surface area contributed by atoms with Gasteiger partial charge in [0.1, 0.15) is 0 Å². The van der Waals surface area contributed by atoms with Crippen LogP contribution in [0.1, 0.15) is 77.6 Å². The summed E-state index contributed by atoms with van der Waals surface area (Å²) in [5.74, 6) is 1.41. The second-order valence-corrected chi connectivity index (χ2v) is 6.20. The summed E-state index contributed by atoms with van der Waals surface area (Å²) in [7, 11) is 0. The molecule has 1 fully saturated rings. The van der Waals surface area contributed by atoms with E-state index in [1.54, 1.807) is 0 Å². The molecule has 0 aromatic rings. The van der Waals surface area contributed by atoms with Crippen LogP contribution in [0.4, 0.5) is 0 Å². The summed E-state index contributed by atoms with van der Waals surface area (Å²) in [5, 5.41) is 3.17. The number of halogens is 1. The van der Waals surface area contributed by atoms with Gasteiger partial charge in [-0.25, -0.2) is 0 Å². The number of amides is 1. The largest absolute Gasteiger partial charge is 0.353 e. The van der Waals surface area contributed by atoms with Gasteiger partial charge in [-0.3, -0.25) is 4.79 Å². The summed E-state index contributed by atoms with van der Waals surface area (Å²) < 4.78 is 0. The van der Waals surface area contributed by atoms with Crippen LogP contribution in [0.25, 0.3) is 0 Å². The first-order chi connectivity index (χ1) is 9.27. The normalized spacial score (nSPS) is 22.6. The van der Waals surface area contributed by atoms with Gasteiger partial charge in [-0.1, -0.05) is 51.9 Å². The summed E-state index contributed by atoms with van der Waals surface area (Å²) >= 11 is 5.92. The van der Waals surface area contributed by atoms with Crippen molar-refractivity contribution in [2.45, 2.75) is 83.6 Å². The maximum atomic E-state index is 11.8. The summed E-state index contributed by atoms with van der Waals surface area (Å²) in [6.07, 6.45) is 13.0. The van der Waals surface area contributed by atoms with Crippen LogP contribution in [0.15, 0.2) is 0 Å². The van der Waals surface area contributed by atoms with E-state index in [1.165, 1.54) is 51.4 Å². The van der Waals surface area contributed by atoms with Crippen molar-refractivity contribution in [3.63, 3.8) is 0 Å². The molecule has 0 aliphatic heterocycles. The zero-order valence-corrected chi connectivity index (χ0v) is 13.2. The molecule has 2 atom stereocenters. The zero-order valence-electron chi connectivity index (χ0n) is 12.4. The molecule has 2 unspecified atom stereocenters. The average molecular weight is 288 g/mol. The molecule has 0 aromatic carbocycles. The maximum absolute atomic E-state index is 11.8. The van der Waals surface area contributed by atoms with E-state index >= 15 is 0 Å². The molecule has 1 aliphatic carbocycles. The fraction of sp³-hybridized carbons (Fsp3) is 0.938. The first-order valence-electron chi connectivity index (χ1n) is 8.13. The van der Waals surface area contributed by atoms with Gasteiger partial charge in [-0.15, -0.1) is 11.6 Å². The van der Waals surface area contributed by atoms with E-state index in [-0.39, 0.29) is 5.91 Å². The number of nitrogens with one attached hydrogen (secondary N) is 1. The van der Waals surface area contributed by atoms with Crippen molar-refractivity contribution in [1.29, 1.82) is 0 Å². The SMILES string of the molecule is CCCCCCCCCC(=O)NC1CCCC1CCl. The second kappa shape index (κ2) is 10.5. The minimum Gasteiger partial charge on any atom is -0.353 e. The van der Waals surface area contributed by atoms with Crippen molar-refractivity contribution in [2.75, 3.05) is 5.88 Å². The van der Waals surface area contributed by atoms with Crippen molar-refractivity contribution >= 4 is 17.5 Å². The third-order valence-electron chi connectivity index (χ3n) is 4.21. The highest BCUT2D eigenvalue weighted by Crippen LogP contribution is 2.26. The molecular weight excluding hydrogens is 258 g/mol. The number of alkyl halides is 1. The topological polar surface area (TPSA) is 29.1 Å². The Hall–Kier alpha value is -0.240. The molecule has 112 valence electrons. The Bertz CT molecular complexity index is 245. The molecule has 1 saturated carbocycles. The molecule has 0 radical (unpaired) electrons. The predicted octanol–water partition coefficient (Wildman–Crippen LogP) is 4.65. The van der Waals surface area contributed by atoms with Crippen molar-refractivity contribution in [3.05, 3.63) is 0 Å². The lowest BCUT2D eigenvalue weighted by molar-refractivity contribution is -0.122. The van der Waals surface area contributed by atoms with Crippen LogP contribution in [0.2, 0.25) is 0 Å². The van der Waals surface area contributed by atoms with Crippen molar-refractivity contribution in [1.82, 2.24) is 5.32 Å². The van der Waals surface area contributed by atoms with E-state index in [0.29, 0.717) is 24.3 Å². The van der Waals surface area contributed by atoms with Crippen LogP contribution in [-0.2, 0) is 4.79 Å². The Morgan fingerprint density at radius 2 is 1.79 bits per heavy atom. The quantitative estimate of drug-likeness (QED) is 0.460. The minimum absolute atomic E-state index is 0.232. The Morgan fingerprint density at radius 1 is 1.11 bits per heavy atom. The molecule has 0 heterocycles. The highest BCUT2D eigenvalue weighted by molar-refractivity contribution is 6.18. The van der Waals surface area contributed by atoms with E-state index in [0.717, 1.165) is 12.8 Å². The van der Waals surface area contributed by atoms with Gasteiger partial charge < -0.3 is 5.32 Å². The average Bonchev–Trinajstić information content (AvgIpc) is 2.85. The Labute approximate surface area is 123 Å². The van der Waals surface area contributed by atoms with Crippen LogP contribution in [0.5, 0.6) is 0 Å². The van der Waals surface area contributed by atoms with Gasteiger partial charge in [0.05, 0.1) is 0 Å². The van der Waals surface area contributed by atoms with Gasteiger partial charge >= 0.3 is 0 Å². The number of unbranched alkanes of at least 4 members (excludes halogenated alkanes) is 6. The fourth-order valence-electron chi connectivity index (χ4n) is 2.93. The highest BCUT2D eigenvalue weighted by atomic mass is 35.5. The number of carbonyl (C=O) groups excluding carboxylic acids is 1. The first kappa shape index (κ1) is 16.8. The fourth-order valence-corrected chi connectivity index (χ4v) is 3.30. The van der Waals surface area contributed by atoms with Crippen molar-refractivity contribution < 1.29 is 4.79 Å². The third-order valence-corrected chi connectivity index (χ3v) is 4.61. The lowest BCUT2D eigenvalue weighted by Gasteiger charge is -2.18. The standard InChI is InChI=1S/C16H30ClNO/c1-2-3-4-5-6-7-8-12-16(19)18-15-11-9-10-14(15)13-17/h14-15H,2-13H2,1H3,(H,18,19). The van der Waals surface area contributed by atoms with E-state index in [1.807, 2.05) is 0 Å². The molecule has 0 bridgehead atoms. The smallest absolute Gasteiger partial charge is 0.220 e. The van der Waals surface area contributed by atoms with Gasteiger partial charge in [-0.05, 0) is 25.2 Å². The monoisotopic (exact) mass is 287 g/mol. The predicted molar refractivity (Wildman–Crippen MR) is 82.6 cm³/mol. The molecule has 2 nitrogen and oxygen atoms in total. The van der Waals surface area contributed by atoms with E-state index in [2.05, 4.69) is 12.2 Å². The number of carbonyl (C=O) groups is 1. The molecule has 1 N–H and O–H groups in total. The Balaban J connectivity index is 1.99. The minimum atomic E-state index is 0.232. The molecule has 0 saturated heterocycles. The van der Waals surface area contributed by atoms with Crippen molar-refractivity contribution in [3.8, 4) is 0 Å². The molecule has 1 rings (SSSR count). The number of hydrogen-bond donors (Lipinski definition) is 1. The zero-order chi connectivity index (χ0) is 13.9. The van der Waals surface area contributed by atoms with Gasteiger partial charge in [0.15, 0.2) is 0 Å². The summed E-state index contributed by atoms with van der Waals surface area (Å²) in [5.41, 5.74) is 0. The molecule has 1 amide bonds. The van der Waals surface area contributed by atoms with Crippen LogP contribution >= 0.6 is 11.6 Å². The van der Waals surface area contributed by atoms with E-state index in [9.17, 15) is 4.79 Å².